The summed E-state index contributed by atoms with van der Waals surface area (Å²) in [7, 11) is -1.61. The van der Waals surface area contributed by atoms with Gasteiger partial charge in [0.2, 0.25) is 5.71 Å². The molecule has 0 N–H and O–H groups in total. The molecule has 0 unspecified atom stereocenters. The SMILES string of the molecule is Cc1ccc2c(n1)oc1c(-c3nc4ccccc4n3-c3ccc(C(C)(C)C)cc3)[c-]ccc12.[2H]C([2H])([2H])c1c[c-]c(-c2cc(C([2H])(C)C)c([Si](C)(C)C)cn2)cc1.[Ir]. The minimum atomic E-state index is -2.13. The van der Waals surface area contributed by atoms with Crippen LogP contribution in [0.15, 0.2) is 108 Å². The largest absolute Gasteiger partial charge is 0.486 e. The Kier molecular flexibility index (Phi) is 9.54. The predicted molar refractivity (Wildman–Crippen MR) is 224 cm³/mol. The first-order valence-electron chi connectivity index (χ1n) is 20.0. The zero-order valence-electron chi connectivity index (χ0n) is 36.3. The van der Waals surface area contributed by atoms with Gasteiger partial charge in [-0.1, -0.05) is 108 Å². The van der Waals surface area contributed by atoms with E-state index in [1.165, 1.54) is 16.8 Å². The third kappa shape index (κ3) is 7.77. The van der Waals surface area contributed by atoms with E-state index in [4.69, 9.17) is 14.9 Å². The van der Waals surface area contributed by atoms with E-state index >= 15 is 0 Å². The number of hydrogen-bond donors (Lipinski definition) is 0. The molecule has 4 aromatic heterocycles. The van der Waals surface area contributed by atoms with Gasteiger partial charge in [0, 0.05) is 48.6 Å². The first kappa shape index (κ1) is 33.9. The van der Waals surface area contributed by atoms with Crippen molar-refractivity contribution in [2.75, 3.05) is 0 Å². The molecule has 0 aliphatic rings. The van der Waals surface area contributed by atoms with Gasteiger partial charge >= 0.3 is 0 Å². The number of benzene rings is 4. The summed E-state index contributed by atoms with van der Waals surface area (Å²) in [5.74, 6) is 0.0902. The maximum Gasteiger partial charge on any atom is 0.216 e. The Labute approximate surface area is 339 Å². The number of fused-ring (bicyclic) bond motifs is 4. The molecule has 5 nitrogen and oxygen atoms in total. The van der Waals surface area contributed by atoms with Crippen molar-refractivity contribution in [3.8, 4) is 28.3 Å². The first-order valence-corrected chi connectivity index (χ1v) is 21.5. The third-order valence-corrected chi connectivity index (χ3v) is 11.6. The van der Waals surface area contributed by atoms with Gasteiger partial charge in [0.05, 0.1) is 30.5 Å². The molecular weight excluding hydrogens is 857 g/mol. The molecule has 0 aliphatic heterocycles. The van der Waals surface area contributed by atoms with Crippen molar-refractivity contribution in [1.29, 1.82) is 0 Å². The summed E-state index contributed by atoms with van der Waals surface area (Å²) in [5, 5.41) is 3.21. The number of pyridine rings is 2. The van der Waals surface area contributed by atoms with Gasteiger partial charge in [0.1, 0.15) is 0 Å². The Morgan fingerprint density at radius 3 is 2.31 bits per heavy atom. The molecule has 8 aromatic rings. The number of aromatic nitrogens is 4. The van der Waals surface area contributed by atoms with Crippen molar-refractivity contribution in [3.05, 3.63) is 138 Å². The van der Waals surface area contributed by atoms with E-state index in [0.717, 1.165) is 67.0 Å². The second-order valence-electron chi connectivity index (χ2n) is 15.9. The van der Waals surface area contributed by atoms with Crippen molar-refractivity contribution in [1.82, 2.24) is 19.5 Å². The molecule has 0 bridgehead atoms. The van der Waals surface area contributed by atoms with E-state index in [2.05, 4.69) is 103 Å². The maximum absolute atomic E-state index is 8.48. The van der Waals surface area contributed by atoms with Crippen LogP contribution in [0.3, 0.4) is 0 Å². The van der Waals surface area contributed by atoms with E-state index in [1.54, 1.807) is 12.1 Å². The average Bonchev–Trinajstić information content (AvgIpc) is 3.72. The van der Waals surface area contributed by atoms with E-state index in [-0.39, 0.29) is 31.1 Å². The van der Waals surface area contributed by atoms with Crippen LogP contribution in [0.1, 0.15) is 68.4 Å². The van der Waals surface area contributed by atoms with Gasteiger partial charge in [0.15, 0.2) is 0 Å². The molecule has 0 fully saturated rings. The third-order valence-electron chi connectivity index (χ3n) is 9.55. The van der Waals surface area contributed by atoms with Gasteiger partial charge in [-0.25, -0.2) is 4.98 Å². The van der Waals surface area contributed by atoms with E-state index < -0.39 is 20.8 Å². The molecule has 7 heteroatoms. The van der Waals surface area contributed by atoms with Crippen LogP contribution >= 0.6 is 0 Å². The van der Waals surface area contributed by atoms with E-state index in [0.29, 0.717) is 5.71 Å². The monoisotopic (exact) mass is 909 g/mol. The Hall–Kier alpha value is -4.68. The van der Waals surface area contributed by atoms with Crippen molar-refractivity contribution in [2.24, 2.45) is 0 Å². The number of rotatable bonds is 5. The quantitative estimate of drug-likeness (QED) is 0.128. The van der Waals surface area contributed by atoms with Crippen LogP contribution in [-0.4, -0.2) is 27.6 Å². The minimum Gasteiger partial charge on any atom is -0.486 e. The Morgan fingerprint density at radius 2 is 1.65 bits per heavy atom. The minimum absolute atomic E-state index is 0. The Balaban J connectivity index is 0.000000203. The second kappa shape index (κ2) is 15.2. The van der Waals surface area contributed by atoms with Crippen LogP contribution in [0.25, 0.3) is 61.4 Å². The molecule has 4 aromatic carbocycles. The van der Waals surface area contributed by atoms with Gasteiger partial charge in [-0.05, 0) is 71.1 Å². The number of nitrogens with zero attached hydrogens (tertiary/aromatic N) is 4. The smallest absolute Gasteiger partial charge is 0.216 e. The van der Waals surface area contributed by atoms with Gasteiger partial charge in [-0.3, -0.25) is 4.98 Å². The fourth-order valence-electron chi connectivity index (χ4n) is 6.64. The number of hydrogen-bond acceptors (Lipinski definition) is 4. The van der Waals surface area contributed by atoms with Crippen LogP contribution in [0.5, 0.6) is 0 Å². The van der Waals surface area contributed by atoms with Crippen molar-refractivity contribution < 1.29 is 30.0 Å². The molecule has 8 rings (SSSR count). The summed E-state index contributed by atoms with van der Waals surface area (Å²) < 4.78 is 39.3. The zero-order chi connectivity index (χ0) is 41.1. The number of imidazole rings is 1. The number of para-hydroxylation sites is 2. The van der Waals surface area contributed by atoms with E-state index in [9.17, 15) is 0 Å². The second-order valence-corrected chi connectivity index (χ2v) is 21.0. The standard InChI is InChI=1S/C29H24N3O.C18H24NSi.Ir/c1-18-12-17-22-21-8-7-9-23(26(21)33-28(22)30-18)27-31-24-10-5-6-11-25(24)32(27)20-15-13-19(14-16-20)29(2,3)4;1-13(2)16-11-17(15-9-7-14(3)8-10-15)19-12-18(16)20(4,5)6;/h5-8,10-17H,1-4H3;7-9,11-13H,1-6H3;/q2*-1;/i;3D3,13D;. The molecule has 0 atom stereocenters. The molecule has 4 heterocycles. The van der Waals surface area contributed by atoms with Gasteiger partial charge in [0.25, 0.3) is 0 Å². The summed E-state index contributed by atoms with van der Waals surface area (Å²) in [6, 6.07) is 38.2. The van der Waals surface area contributed by atoms with Crippen LogP contribution in [0.4, 0.5) is 0 Å². The summed E-state index contributed by atoms with van der Waals surface area (Å²) in [6.07, 6.45) is 1.89. The molecule has 0 saturated carbocycles. The van der Waals surface area contributed by atoms with Crippen LogP contribution < -0.4 is 5.19 Å². The van der Waals surface area contributed by atoms with Gasteiger partial charge < -0.3 is 14.0 Å². The fraction of sp³-hybridized carbons (Fsp3) is 0.255. The normalized spacial score (nSPS) is 13.4. The van der Waals surface area contributed by atoms with Crippen molar-refractivity contribution >= 4 is 46.4 Å². The maximum atomic E-state index is 8.48. The molecule has 0 spiro atoms. The van der Waals surface area contributed by atoms with Crippen LogP contribution in [0, 0.1) is 25.9 Å². The number of aryl methyl sites for hydroxylation is 2. The average molecular weight is 909 g/mol. The molecular formula is C47H48IrN4OSi-2. The van der Waals surface area contributed by atoms with Crippen molar-refractivity contribution in [3.63, 3.8) is 0 Å². The van der Waals surface area contributed by atoms with Crippen LogP contribution in [0.2, 0.25) is 19.6 Å². The topological polar surface area (TPSA) is 56.7 Å². The first-order chi connectivity index (χ1) is 26.7. The Bertz CT molecular complexity index is 2740. The molecule has 0 aliphatic carbocycles. The number of furan rings is 1. The van der Waals surface area contributed by atoms with Crippen molar-refractivity contribution in [2.45, 2.75) is 79.3 Å². The van der Waals surface area contributed by atoms with Gasteiger partial charge in [-0.2, -0.15) is 0 Å². The molecule has 277 valence electrons. The molecule has 0 amide bonds. The molecule has 54 heavy (non-hydrogen) atoms. The zero-order valence-corrected chi connectivity index (χ0v) is 35.7. The van der Waals surface area contributed by atoms with Crippen LogP contribution in [-0.2, 0) is 25.5 Å². The summed E-state index contributed by atoms with van der Waals surface area (Å²) >= 11 is 0. The van der Waals surface area contributed by atoms with Gasteiger partial charge in [-0.15, -0.1) is 53.6 Å². The summed E-state index contributed by atoms with van der Waals surface area (Å²) in [6.45, 7) is 17.0. The summed E-state index contributed by atoms with van der Waals surface area (Å²) in [4.78, 5) is 14.2. The molecule has 1 radical (unpaired) electrons. The van der Waals surface area contributed by atoms with E-state index in [1.807, 2.05) is 69.4 Å². The predicted octanol–water partition coefficient (Wildman–Crippen LogP) is 11.9. The molecule has 0 saturated heterocycles. The summed E-state index contributed by atoms with van der Waals surface area (Å²) in [5.41, 5.74) is 10.3. The fourth-order valence-corrected chi connectivity index (χ4v) is 8.23. The Morgan fingerprint density at radius 1 is 0.889 bits per heavy atom.